The molecule has 0 aromatic carbocycles. The van der Waals surface area contributed by atoms with Gasteiger partial charge in [-0.15, -0.1) is 10.2 Å². The zero-order valence-electron chi connectivity index (χ0n) is 11.3. The highest BCUT2D eigenvalue weighted by molar-refractivity contribution is 5.73. The third-order valence-corrected chi connectivity index (χ3v) is 3.45. The van der Waals surface area contributed by atoms with Gasteiger partial charge in [0.15, 0.2) is 5.82 Å². The molecule has 106 valence electrons. The second-order valence-electron chi connectivity index (χ2n) is 5.02. The Kier molecular flexibility index (Phi) is 4.31. The molecule has 2 amide bonds. The molecule has 0 aliphatic heterocycles. The summed E-state index contributed by atoms with van der Waals surface area (Å²) in [7, 11) is 3.38. The minimum atomic E-state index is -0.213. The van der Waals surface area contributed by atoms with Crippen LogP contribution in [0.15, 0.2) is 0 Å². The highest BCUT2D eigenvalue weighted by Crippen LogP contribution is 2.40. The van der Waals surface area contributed by atoms with Crippen LogP contribution in [0.3, 0.4) is 0 Å². The highest BCUT2D eigenvalue weighted by Gasteiger charge is 2.37. The molecule has 1 fully saturated rings. The Morgan fingerprint density at radius 1 is 1.47 bits per heavy atom. The first-order valence-electron chi connectivity index (χ1n) is 6.37. The number of aryl methyl sites for hydroxylation is 1. The van der Waals surface area contributed by atoms with Crippen LogP contribution in [0.4, 0.5) is 4.79 Å². The van der Waals surface area contributed by atoms with E-state index < -0.39 is 0 Å². The Morgan fingerprint density at radius 3 is 2.79 bits per heavy atom. The van der Waals surface area contributed by atoms with Gasteiger partial charge in [-0.1, -0.05) is 6.42 Å². The largest absolute Gasteiger partial charge is 0.384 e. The molecule has 0 radical (unpaired) electrons. The molecule has 2 rings (SSSR count). The molecular formula is C11H20N6O2. The Bertz CT molecular complexity index is 429. The van der Waals surface area contributed by atoms with Gasteiger partial charge in [0.1, 0.15) is 0 Å². The molecule has 1 aliphatic rings. The lowest BCUT2D eigenvalue weighted by molar-refractivity contribution is 0.0200. The van der Waals surface area contributed by atoms with Crippen LogP contribution >= 0.6 is 0 Å². The summed E-state index contributed by atoms with van der Waals surface area (Å²) in [6.07, 6.45) is 3.41. The fourth-order valence-electron chi connectivity index (χ4n) is 2.24. The number of rotatable bonds is 6. The number of ether oxygens (including phenoxy) is 1. The average molecular weight is 268 g/mol. The van der Waals surface area contributed by atoms with E-state index >= 15 is 0 Å². The van der Waals surface area contributed by atoms with Gasteiger partial charge in [0.2, 0.25) is 0 Å². The van der Waals surface area contributed by atoms with Crippen LogP contribution in [0, 0.1) is 5.41 Å². The van der Waals surface area contributed by atoms with Gasteiger partial charge in [-0.05, 0) is 18.1 Å². The summed E-state index contributed by atoms with van der Waals surface area (Å²) >= 11 is 0. The number of hydrogen-bond acceptors (Lipinski definition) is 5. The molecule has 1 aromatic rings. The van der Waals surface area contributed by atoms with Crippen LogP contribution in [0.1, 0.15) is 25.1 Å². The first-order chi connectivity index (χ1) is 9.13. The predicted molar refractivity (Wildman–Crippen MR) is 67.2 cm³/mol. The number of nitrogens with zero attached hydrogens (tertiary/aromatic N) is 4. The summed E-state index contributed by atoms with van der Waals surface area (Å²) in [4.78, 5) is 13.0. The lowest BCUT2D eigenvalue weighted by Crippen LogP contribution is -2.47. The quantitative estimate of drug-likeness (QED) is 0.747. The minimum absolute atomic E-state index is 0.122. The normalized spacial score (nSPS) is 16.7. The van der Waals surface area contributed by atoms with Crippen LogP contribution in [-0.2, 0) is 18.3 Å². The van der Waals surface area contributed by atoms with Gasteiger partial charge in [0, 0.05) is 19.1 Å². The summed E-state index contributed by atoms with van der Waals surface area (Å²) in [5, 5.41) is 17.0. The van der Waals surface area contributed by atoms with Crippen molar-refractivity contribution in [3.05, 3.63) is 5.82 Å². The maximum atomic E-state index is 11.7. The van der Waals surface area contributed by atoms with Crippen molar-refractivity contribution in [1.29, 1.82) is 0 Å². The molecule has 0 spiro atoms. The van der Waals surface area contributed by atoms with E-state index in [9.17, 15) is 4.79 Å². The first kappa shape index (κ1) is 13.7. The smallest absolute Gasteiger partial charge is 0.315 e. The molecule has 8 heteroatoms. The third-order valence-electron chi connectivity index (χ3n) is 3.45. The third kappa shape index (κ3) is 3.63. The van der Waals surface area contributed by atoms with Crippen molar-refractivity contribution < 1.29 is 9.53 Å². The van der Waals surface area contributed by atoms with E-state index in [1.54, 1.807) is 14.2 Å². The number of tetrazole rings is 1. The molecular weight excluding hydrogens is 248 g/mol. The molecule has 19 heavy (non-hydrogen) atoms. The van der Waals surface area contributed by atoms with Gasteiger partial charge in [-0.25, -0.2) is 4.79 Å². The lowest BCUT2D eigenvalue weighted by Gasteiger charge is -2.41. The molecule has 2 N–H and O–H groups in total. The van der Waals surface area contributed by atoms with Crippen molar-refractivity contribution in [2.45, 2.75) is 25.8 Å². The number of carbonyl (C=O) groups excluding carboxylic acids is 1. The van der Waals surface area contributed by atoms with E-state index in [4.69, 9.17) is 4.74 Å². The van der Waals surface area contributed by atoms with E-state index in [1.165, 1.54) is 11.2 Å². The van der Waals surface area contributed by atoms with Crippen LogP contribution in [-0.4, -0.2) is 46.5 Å². The van der Waals surface area contributed by atoms with Gasteiger partial charge in [-0.2, -0.15) is 4.80 Å². The number of urea groups is 1. The SMILES string of the molecule is COCC1(CNC(=O)NCc2nnn(C)n2)CCC1. The molecule has 1 saturated carbocycles. The molecule has 0 atom stereocenters. The summed E-state index contributed by atoms with van der Waals surface area (Å²) in [5.74, 6) is 0.493. The zero-order valence-corrected chi connectivity index (χ0v) is 11.3. The topological polar surface area (TPSA) is 94.0 Å². The second-order valence-corrected chi connectivity index (χ2v) is 5.02. The molecule has 1 heterocycles. The monoisotopic (exact) mass is 268 g/mol. The van der Waals surface area contributed by atoms with Gasteiger partial charge in [0.05, 0.1) is 20.2 Å². The number of methoxy groups -OCH3 is 1. The van der Waals surface area contributed by atoms with Crippen LogP contribution < -0.4 is 10.6 Å². The molecule has 8 nitrogen and oxygen atoms in total. The van der Waals surface area contributed by atoms with Gasteiger partial charge >= 0.3 is 6.03 Å². The van der Waals surface area contributed by atoms with Gasteiger partial charge in [0.25, 0.3) is 0 Å². The van der Waals surface area contributed by atoms with Crippen molar-refractivity contribution in [2.75, 3.05) is 20.3 Å². The molecule has 0 bridgehead atoms. The predicted octanol–water partition coefficient (Wildman–Crippen LogP) is -0.174. The number of amides is 2. The Hall–Kier alpha value is -1.70. The van der Waals surface area contributed by atoms with Gasteiger partial charge < -0.3 is 15.4 Å². The van der Waals surface area contributed by atoms with Crippen molar-refractivity contribution in [1.82, 2.24) is 30.8 Å². The standard InChI is InChI=1S/C11H20N6O2/c1-17-15-9(14-16-17)6-12-10(18)13-7-11(8-19-2)4-3-5-11/h3-8H2,1-2H3,(H2,12,13,18). The van der Waals surface area contributed by atoms with E-state index in [0.29, 0.717) is 19.0 Å². The summed E-state index contributed by atoms with van der Waals surface area (Å²) in [5.41, 5.74) is 0.122. The minimum Gasteiger partial charge on any atom is -0.384 e. The van der Waals surface area contributed by atoms with E-state index in [1.807, 2.05) is 0 Å². The van der Waals surface area contributed by atoms with E-state index in [0.717, 1.165) is 12.8 Å². The Labute approximate surface area is 111 Å². The zero-order chi connectivity index (χ0) is 13.7. The summed E-state index contributed by atoms with van der Waals surface area (Å²) < 4.78 is 5.21. The second kappa shape index (κ2) is 5.96. The van der Waals surface area contributed by atoms with E-state index in [-0.39, 0.29) is 18.0 Å². The lowest BCUT2D eigenvalue weighted by atomic mass is 9.69. The maximum Gasteiger partial charge on any atom is 0.315 e. The van der Waals surface area contributed by atoms with Crippen LogP contribution in [0.25, 0.3) is 0 Å². The maximum absolute atomic E-state index is 11.7. The fraction of sp³-hybridized carbons (Fsp3) is 0.818. The van der Waals surface area contributed by atoms with Crippen molar-refractivity contribution >= 4 is 6.03 Å². The number of aromatic nitrogens is 4. The van der Waals surface area contributed by atoms with Crippen molar-refractivity contribution in [2.24, 2.45) is 12.5 Å². The van der Waals surface area contributed by atoms with Crippen LogP contribution in [0.2, 0.25) is 0 Å². The Balaban J connectivity index is 1.69. The first-order valence-corrected chi connectivity index (χ1v) is 6.37. The molecule has 1 aromatic heterocycles. The number of carbonyl (C=O) groups is 1. The molecule has 0 saturated heterocycles. The molecule has 0 unspecified atom stereocenters. The number of nitrogens with one attached hydrogen (secondary N) is 2. The summed E-state index contributed by atoms with van der Waals surface area (Å²) in [6, 6.07) is -0.213. The fourth-order valence-corrected chi connectivity index (χ4v) is 2.24. The average Bonchev–Trinajstić information content (AvgIpc) is 2.76. The van der Waals surface area contributed by atoms with E-state index in [2.05, 4.69) is 26.0 Å². The van der Waals surface area contributed by atoms with Crippen molar-refractivity contribution in [3.63, 3.8) is 0 Å². The van der Waals surface area contributed by atoms with Crippen LogP contribution in [0.5, 0.6) is 0 Å². The van der Waals surface area contributed by atoms with Crippen molar-refractivity contribution in [3.8, 4) is 0 Å². The number of hydrogen-bond donors (Lipinski definition) is 2. The molecule has 1 aliphatic carbocycles. The Morgan fingerprint density at radius 2 is 2.26 bits per heavy atom. The van der Waals surface area contributed by atoms with Gasteiger partial charge in [-0.3, -0.25) is 0 Å². The summed E-state index contributed by atoms with van der Waals surface area (Å²) in [6.45, 7) is 1.61. The highest BCUT2D eigenvalue weighted by atomic mass is 16.5.